The number of urea groups is 1. The number of carboxylic acid groups (broad SMARTS) is 1. The maximum absolute atomic E-state index is 12.0. The van der Waals surface area contributed by atoms with Gasteiger partial charge >= 0.3 is 12.0 Å². The summed E-state index contributed by atoms with van der Waals surface area (Å²) in [5.41, 5.74) is 0.0476. The maximum atomic E-state index is 12.0. The predicted molar refractivity (Wildman–Crippen MR) is 80.8 cm³/mol. The molecule has 0 atom stereocenters. The molecule has 0 aromatic heterocycles. The van der Waals surface area contributed by atoms with Crippen LogP contribution < -0.4 is 5.32 Å². The van der Waals surface area contributed by atoms with Gasteiger partial charge in [-0.1, -0.05) is 47.0 Å². The van der Waals surface area contributed by atoms with Crippen LogP contribution in [0.15, 0.2) is 0 Å². The largest absolute Gasteiger partial charge is 0.480 e. The van der Waals surface area contributed by atoms with Gasteiger partial charge in [0.05, 0.1) is 0 Å². The molecule has 118 valence electrons. The summed E-state index contributed by atoms with van der Waals surface area (Å²) in [6, 6.07) is -0.280. The lowest BCUT2D eigenvalue weighted by molar-refractivity contribution is -0.137. The van der Waals surface area contributed by atoms with E-state index < -0.39 is 5.97 Å². The molecule has 0 saturated heterocycles. The fourth-order valence-corrected chi connectivity index (χ4v) is 2.05. The number of aliphatic carboxylic acids is 1. The van der Waals surface area contributed by atoms with Crippen LogP contribution in [0, 0.1) is 5.41 Å². The van der Waals surface area contributed by atoms with Gasteiger partial charge in [-0.3, -0.25) is 4.79 Å². The van der Waals surface area contributed by atoms with Crippen LogP contribution in [0.4, 0.5) is 4.79 Å². The number of carboxylic acids is 1. The van der Waals surface area contributed by atoms with Crippen LogP contribution in [0.2, 0.25) is 0 Å². The number of rotatable bonds is 10. The molecule has 0 rings (SSSR count). The molecule has 2 N–H and O–H groups in total. The van der Waals surface area contributed by atoms with Crippen molar-refractivity contribution in [2.24, 2.45) is 5.41 Å². The Kier molecular flexibility index (Phi) is 9.01. The number of amides is 2. The average molecular weight is 286 g/mol. The van der Waals surface area contributed by atoms with Crippen LogP contribution in [-0.4, -0.2) is 41.6 Å². The lowest BCUT2D eigenvalue weighted by atomic mass is 9.87. The topological polar surface area (TPSA) is 69.6 Å². The Balaban J connectivity index is 4.24. The number of unbranched alkanes of at least 4 members (excludes halogenated alkanes) is 2. The fourth-order valence-electron chi connectivity index (χ4n) is 2.05. The summed E-state index contributed by atoms with van der Waals surface area (Å²) < 4.78 is 0. The number of hydrogen-bond donors (Lipinski definition) is 2. The Labute approximate surface area is 122 Å². The number of nitrogens with one attached hydrogen (secondary N) is 1. The summed E-state index contributed by atoms with van der Waals surface area (Å²) >= 11 is 0. The molecule has 0 saturated carbocycles. The Bertz CT molecular complexity index is 303. The minimum atomic E-state index is -0.976. The Hall–Kier alpha value is -1.26. The van der Waals surface area contributed by atoms with E-state index in [1.165, 1.54) is 17.7 Å². The van der Waals surface area contributed by atoms with Crippen molar-refractivity contribution in [1.82, 2.24) is 10.2 Å². The van der Waals surface area contributed by atoms with E-state index in [4.69, 9.17) is 5.11 Å². The first-order valence-corrected chi connectivity index (χ1v) is 7.57. The van der Waals surface area contributed by atoms with Crippen LogP contribution in [0.1, 0.15) is 59.8 Å². The van der Waals surface area contributed by atoms with Gasteiger partial charge in [0.1, 0.15) is 6.54 Å². The highest BCUT2D eigenvalue weighted by atomic mass is 16.4. The Morgan fingerprint density at radius 1 is 1.15 bits per heavy atom. The number of hydrogen-bond acceptors (Lipinski definition) is 2. The molecule has 2 amide bonds. The first-order valence-electron chi connectivity index (χ1n) is 7.57. The molecule has 0 fully saturated rings. The molecule has 0 aromatic carbocycles. The molecule has 0 aromatic rings. The first kappa shape index (κ1) is 18.7. The number of carbonyl (C=O) groups is 2. The molecule has 5 nitrogen and oxygen atoms in total. The molecular formula is C15H30N2O3. The van der Waals surface area contributed by atoms with Crippen molar-refractivity contribution in [3.63, 3.8) is 0 Å². The van der Waals surface area contributed by atoms with Gasteiger partial charge in [-0.15, -0.1) is 0 Å². The minimum absolute atomic E-state index is 0.0476. The van der Waals surface area contributed by atoms with Gasteiger partial charge in [-0.05, 0) is 18.3 Å². The van der Waals surface area contributed by atoms with Gasteiger partial charge in [0.25, 0.3) is 0 Å². The van der Waals surface area contributed by atoms with E-state index in [2.05, 4.69) is 26.1 Å². The van der Waals surface area contributed by atoms with Crippen molar-refractivity contribution in [3.05, 3.63) is 0 Å². The van der Waals surface area contributed by atoms with Gasteiger partial charge in [0.2, 0.25) is 0 Å². The number of nitrogens with zero attached hydrogens (tertiary/aromatic N) is 1. The third kappa shape index (κ3) is 8.77. The SMILES string of the molecule is CCCCCC(C)(C)CNC(=O)N(CCC)CC(=O)O. The minimum Gasteiger partial charge on any atom is -0.480 e. The Morgan fingerprint density at radius 2 is 1.80 bits per heavy atom. The molecule has 0 aliphatic heterocycles. The fraction of sp³-hybridized carbons (Fsp3) is 0.867. The standard InChI is InChI=1S/C15H30N2O3/c1-5-7-8-9-15(3,4)12-16-14(20)17(10-6-2)11-13(18)19/h5-12H2,1-4H3,(H,16,20)(H,18,19). The molecule has 0 aliphatic carbocycles. The van der Waals surface area contributed by atoms with Crippen LogP contribution in [0.3, 0.4) is 0 Å². The zero-order valence-corrected chi connectivity index (χ0v) is 13.4. The van der Waals surface area contributed by atoms with Crippen LogP contribution in [-0.2, 0) is 4.79 Å². The van der Waals surface area contributed by atoms with Crippen LogP contribution in [0.5, 0.6) is 0 Å². The molecule has 5 heteroatoms. The van der Waals surface area contributed by atoms with E-state index in [0.29, 0.717) is 13.1 Å². The highest BCUT2D eigenvalue weighted by Crippen LogP contribution is 2.22. The maximum Gasteiger partial charge on any atom is 0.323 e. The highest BCUT2D eigenvalue weighted by molar-refractivity contribution is 5.80. The quantitative estimate of drug-likeness (QED) is 0.606. The van der Waals surface area contributed by atoms with E-state index in [0.717, 1.165) is 19.3 Å². The lowest BCUT2D eigenvalue weighted by Gasteiger charge is -2.27. The molecule has 0 heterocycles. The summed E-state index contributed by atoms with van der Waals surface area (Å²) in [4.78, 5) is 24.1. The van der Waals surface area contributed by atoms with E-state index in [-0.39, 0.29) is 18.0 Å². The van der Waals surface area contributed by atoms with Crippen molar-refractivity contribution in [3.8, 4) is 0 Å². The summed E-state index contributed by atoms with van der Waals surface area (Å²) in [5, 5.41) is 11.7. The van der Waals surface area contributed by atoms with Gasteiger partial charge in [-0.2, -0.15) is 0 Å². The zero-order valence-electron chi connectivity index (χ0n) is 13.4. The second-order valence-electron chi connectivity index (χ2n) is 6.10. The number of carbonyl (C=O) groups excluding carboxylic acids is 1. The second-order valence-corrected chi connectivity index (χ2v) is 6.10. The Morgan fingerprint density at radius 3 is 2.30 bits per heavy atom. The molecule has 0 aliphatic rings. The van der Waals surface area contributed by atoms with Gasteiger partial charge in [-0.25, -0.2) is 4.79 Å². The van der Waals surface area contributed by atoms with E-state index >= 15 is 0 Å². The van der Waals surface area contributed by atoms with Crippen molar-refractivity contribution >= 4 is 12.0 Å². The molecular weight excluding hydrogens is 256 g/mol. The van der Waals surface area contributed by atoms with Gasteiger partial charge < -0.3 is 15.3 Å². The van der Waals surface area contributed by atoms with Crippen LogP contribution in [0.25, 0.3) is 0 Å². The van der Waals surface area contributed by atoms with Crippen molar-refractivity contribution < 1.29 is 14.7 Å². The van der Waals surface area contributed by atoms with E-state index in [9.17, 15) is 9.59 Å². The van der Waals surface area contributed by atoms with Gasteiger partial charge in [0.15, 0.2) is 0 Å². The third-order valence-corrected chi connectivity index (χ3v) is 3.28. The van der Waals surface area contributed by atoms with E-state index in [1.807, 2.05) is 6.92 Å². The summed E-state index contributed by atoms with van der Waals surface area (Å²) in [5.74, 6) is -0.976. The zero-order chi connectivity index (χ0) is 15.6. The normalized spacial score (nSPS) is 11.2. The van der Waals surface area contributed by atoms with Crippen molar-refractivity contribution in [2.75, 3.05) is 19.6 Å². The lowest BCUT2D eigenvalue weighted by Crippen LogP contribution is -2.45. The predicted octanol–water partition coefficient (Wildman–Crippen LogP) is 3.10. The van der Waals surface area contributed by atoms with Crippen LogP contribution >= 0.6 is 0 Å². The average Bonchev–Trinajstić information content (AvgIpc) is 2.35. The first-order chi connectivity index (χ1) is 9.32. The van der Waals surface area contributed by atoms with Crippen molar-refractivity contribution in [1.29, 1.82) is 0 Å². The molecule has 0 bridgehead atoms. The van der Waals surface area contributed by atoms with Gasteiger partial charge in [0, 0.05) is 13.1 Å². The second kappa shape index (κ2) is 9.61. The monoisotopic (exact) mass is 286 g/mol. The molecule has 0 spiro atoms. The van der Waals surface area contributed by atoms with Crippen molar-refractivity contribution in [2.45, 2.75) is 59.8 Å². The molecule has 0 radical (unpaired) electrons. The molecule has 0 unspecified atom stereocenters. The third-order valence-electron chi connectivity index (χ3n) is 3.28. The summed E-state index contributed by atoms with van der Waals surface area (Å²) in [6.45, 7) is 9.16. The summed E-state index contributed by atoms with van der Waals surface area (Å²) in [7, 11) is 0. The highest BCUT2D eigenvalue weighted by Gasteiger charge is 2.21. The molecule has 20 heavy (non-hydrogen) atoms. The summed E-state index contributed by atoms with van der Waals surface area (Å²) in [6.07, 6.45) is 5.37. The van der Waals surface area contributed by atoms with E-state index in [1.54, 1.807) is 0 Å². The smallest absolute Gasteiger partial charge is 0.323 e.